The number of carboxylic acid groups (broad SMARTS) is 1. The van der Waals surface area contributed by atoms with Crippen molar-refractivity contribution < 1.29 is 9.90 Å². The number of anilines is 1. The third-order valence-corrected chi connectivity index (χ3v) is 4.40. The number of pyridine rings is 1. The summed E-state index contributed by atoms with van der Waals surface area (Å²) in [6.45, 7) is 2.86. The Morgan fingerprint density at radius 3 is 2.75 bits per heavy atom. The average molecular weight is 348 g/mol. The lowest BCUT2D eigenvalue weighted by Crippen LogP contribution is -2.36. The number of hydrogen-bond acceptors (Lipinski definition) is 4. The highest BCUT2D eigenvalue weighted by molar-refractivity contribution is 5.93. The molecule has 0 unspecified atom stereocenters. The minimum atomic E-state index is -0.931. The predicted octanol–water partition coefficient (Wildman–Crippen LogP) is 2.91. The second kappa shape index (κ2) is 8.13. The van der Waals surface area contributed by atoms with Gasteiger partial charge in [0.1, 0.15) is 11.4 Å². The van der Waals surface area contributed by atoms with Gasteiger partial charge in [-0.1, -0.05) is 30.3 Å². The molecule has 2 aromatic rings. The number of likely N-dealkylation sites (N-methyl/N-ethyl adjacent to an activating group) is 1. The molecular weight excluding hydrogens is 326 g/mol. The maximum atomic E-state index is 11.4. The minimum Gasteiger partial charge on any atom is -0.478 e. The smallest absolute Gasteiger partial charge is 0.339 e. The number of hydrogen-bond donors (Lipinski definition) is 1. The molecule has 1 aliphatic rings. The van der Waals surface area contributed by atoms with Gasteiger partial charge in [0.05, 0.1) is 0 Å². The number of rotatable bonds is 5. The summed E-state index contributed by atoms with van der Waals surface area (Å²) in [6.07, 6.45) is 2.66. The van der Waals surface area contributed by atoms with Crippen molar-refractivity contribution in [3.63, 3.8) is 0 Å². The van der Waals surface area contributed by atoms with Gasteiger partial charge in [0.25, 0.3) is 0 Å². The Labute approximate surface area is 148 Å². The molecule has 24 heavy (non-hydrogen) atoms. The van der Waals surface area contributed by atoms with Crippen molar-refractivity contribution in [2.24, 2.45) is 0 Å². The van der Waals surface area contributed by atoms with E-state index in [9.17, 15) is 9.90 Å². The Kier molecular flexibility index (Phi) is 6.17. The summed E-state index contributed by atoms with van der Waals surface area (Å²) in [5.41, 5.74) is 1.57. The zero-order chi connectivity index (χ0) is 16.2. The zero-order valence-corrected chi connectivity index (χ0v) is 14.4. The Balaban J connectivity index is 0.00000208. The van der Waals surface area contributed by atoms with Crippen molar-refractivity contribution >= 4 is 24.2 Å². The molecule has 0 radical (unpaired) electrons. The van der Waals surface area contributed by atoms with Gasteiger partial charge in [0, 0.05) is 38.9 Å². The normalized spacial score (nSPS) is 17.3. The Morgan fingerprint density at radius 1 is 1.29 bits per heavy atom. The fourth-order valence-corrected chi connectivity index (χ4v) is 3.13. The van der Waals surface area contributed by atoms with Crippen molar-refractivity contribution in [2.45, 2.75) is 19.0 Å². The van der Waals surface area contributed by atoms with Gasteiger partial charge in [-0.3, -0.25) is 4.90 Å². The lowest BCUT2D eigenvalue weighted by Gasteiger charge is -2.27. The second-order valence-electron chi connectivity index (χ2n) is 5.95. The quantitative estimate of drug-likeness (QED) is 0.901. The van der Waals surface area contributed by atoms with Crippen molar-refractivity contribution in [2.75, 3.05) is 25.0 Å². The Hall–Kier alpha value is -2.11. The van der Waals surface area contributed by atoms with E-state index in [-0.39, 0.29) is 24.0 Å². The summed E-state index contributed by atoms with van der Waals surface area (Å²) in [7, 11) is 1.94. The molecule has 1 aliphatic heterocycles. The van der Waals surface area contributed by atoms with Crippen LogP contribution in [0.2, 0.25) is 0 Å². The topological polar surface area (TPSA) is 56.7 Å². The lowest BCUT2D eigenvalue weighted by molar-refractivity contribution is 0.0697. The molecule has 128 valence electrons. The van der Waals surface area contributed by atoms with Gasteiger partial charge in [-0.25, -0.2) is 9.78 Å². The van der Waals surface area contributed by atoms with E-state index in [1.165, 1.54) is 5.56 Å². The van der Waals surface area contributed by atoms with Gasteiger partial charge in [-0.15, -0.1) is 12.4 Å². The van der Waals surface area contributed by atoms with E-state index in [0.717, 1.165) is 26.1 Å². The fourth-order valence-electron chi connectivity index (χ4n) is 3.13. The standard InChI is InChI=1S/C18H21N3O2.ClH/c1-20(17-16(18(22)23)8-5-10-19-17)15-9-11-21(13-15)12-14-6-3-2-4-7-14;/h2-8,10,15H,9,11-13H2,1H3,(H,22,23);1H/t15-;/m0./s1. The molecule has 1 atom stereocenters. The average Bonchev–Trinajstić information content (AvgIpc) is 3.03. The molecule has 0 amide bonds. The number of aromatic carboxylic acids is 1. The summed E-state index contributed by atoms with van der Waals surface area (Å²) in [4.78, 5) is 20.1. The SMILES string of the molecule is CN(c1ncccc1C(=O)O)[C@H]1CCN(Cc2ccccc2)C1.Cl. The van der Waals surface area contributed by atoms with Crippen molar-refractivity contribution in [1.82, 2.24) is 9.88 Å². The van der Waals surface area contributed by atoms with Crippen LogP contribution in [0, 0.1) is 0 Å². The molecule has 0 bridgehead atoms. The van der Waals surface area contributed by atoms with Gasteiger partial charge in [0.2, 0.25) is 0 Å². The molecule has 1 N–H and O–H groups in total. The number of carboxylic acids is 1. The first-order valence-electron chi connectivity index (χ1n) is 7.82. The first-order chi connectivity index (χ1) is 11.1. The highest BCUT2D eigenvalue weighted by Gasteiger charge is 2.28. The Bertz CT molecular complexity index is 681. The van der Waals surface area contributed by atoms with Crippen molar-refractivity contribution in [3.8, 4) is 0 Å². The highest BCUT2D eigenvalue weighted by Crippen LogP contribution is 2.24. The van der Waals surface area contributed by atoms with E-state index < -0.39 is 5.97 Å². The summed E-state index contributed by atoms with van der Waals surface area (Å²) < 4.78 is 0. The van der Waals surface area contributed by atoms with Crippen molar-refractivity contribution in [3.05, 3.63) is 59.8 Å². The van der Waals surface area contributed by atoms with Crippen LogP contribution in [-0.2, 0) is 6.54 Å². The van der Waals surface area contributed by atoms with Crippen LogP contribution < -0.4 is 4.90 Å². The van der Waals surface area contributed by atoms with Gasteiger partial charge in [0.15, 0.2) is 0 Å². The van der Waals surface area contributed by atoms with Crippen LogP contribution in [0.5, 0.6) is 0 Å². The third kappa shape index (κ3) is 4.04. The molecule has 3 rings (SSSR count). The van der Waals surface area contributed by atoms with E-state index in [1.54, 1.807) is 18.3 Å². The molecule has 1 fully saturated rings. The number of likely N-dealkylation sites (tertiary alicyclic amines) is 1. The van der Waals surface area contributed by atoms with Gasteiger partial charge in [-0.05, 0) is 24.1 Å². The molecule has 6 heteroatoms. The van der Waals surface area contributed by atoms with Gasteiger partial charge < -0.3 is 10.0 Å². The largest absolute Gasteiger partial charge is 0.478 e. The third-order valence-electron chi connectivity index (χ3n) is 4.40. The highest BCUT2D eigenvalue weighted by atomic mass is 35.5. The number of carbonyl (C=O) groups is 1. The van der Waals surface area contributed by atoms with Crippen LogP contribution >= 0.6 is 12.4 Å². The summed E-state index contributed by atoms with van der Waals surface area (Å²) in [5.74, 6) is -0.384. The first kappa shape index (κ1) is 18.2. The summed E-state index contributed by atoms with van der Waals surface area (Å²) >= 11 is 0. The summed E-state index contributed by atoms with van der Waals surface area (Å²) in [5, 5.41) is 9.33. The van der Waals surface area contributed by atoms with E-state index in [2.05, 4.69) is 34.1 Å². The number of benzene rings is 1. The Morgan fingerprint density at radius 2 is 2.04 bits per heavy atom. The van der Waals surface area contributed by atoms with Crippen molar-refractivity contribution in [1.29, 1.82) is 0 Å². The number of halogens is 1. The van der Waals surface area contributed by atoms with E-state index in [4.69, 9.17) is 0 Å². The van der Waals surface area contributed by atoms with Gasteiger partial charge in [-0.2, -0.15) is 0 Å². The predicted molar refractivity (Wildman–Crippen MR) is 97.0 cm³/mol. The maximum absolute atomic E-state index is 11.4. The molecule has 1 aromatic heterocycles. The lowest BCUT2D eigenvalue weighted by atomic mass is 10.2. The molecule has 0 aliphatic carbocycles. The molecule has 2 heterocycles. The van der Waals surface area contributed by atoms with Crippen LogP contribution in [0.1, 0.15) is 22.3 Å². The minimum absolute atomic E-state index is 0. The first-order valence-corrected chi connectivity index (χ1v) is 7.82. The van der Waals surface area contributed by atoms with E-state index in [1.807, 2.05) is 18.0 Å². The van der Waals surface area contributed by atoms with Crippen LogP contribution in [0.15, 0.2) is 48.7 Å². The molecule has 5 nitrogen and oxygen atoms in total. The monoisotopic (exact) mass is 347 g/mol. The molecular formula is C18H22ClN3O2. The van der Waals surface area contributed by atoms with Crippen LogP contribution in [0.4, 0.5) is 5.82 Å². The molecule has 0 saturated carbocycles. The zero-order valence-electron chi connectivity index (χ0n) is 13.6. The maximum Gasteiger partial charge on any atom is 0.339 e. The number of nitrogens with zero attached hydrogens (tertiary/aromatic N) is 3. The van der Waals surface area contributed by atoms with E-state index in [0.29, 0.717) is 5.82 Å². The molecule has 0 spiro atoms. The van der Waals surface area contributed by atoms with E-state index >= 15 is 0 Å². The van der Waals surface area contributed by atoms with Crippen LogP contribution in [0.3, 0.4) is 0 Å². The summed E-state index contributed by atoms with van der Waals surface area (Å²) in [6, 6.07) is 14.0. The fraction of sp³-hybridized carbons (Fsp3) is 0.333. The molecule has 1 saturated heterocycles. The van der Waals surface area contributed by atoms with Crippen LogP contribution in [0.25, 0.3) is 0 Å². The number of aromatic nitrogens is 1. The molecule has 1 aromatic carbocycles. The second-order valence-corrected chi connectivity index (χ2v) is 5.95. The van der Waals surface area contributed by atoms with Gasteiger partial charge >= 0.3 is 5.97 Å². The van der Waals surface area contributed by atoms with Crippen LogP contribution in [-0.4, -0.2) is 47.1 Å².